The zero-order valence-corrected chi connectivity index (χ0v) is 11.5. The van der Waals surface area contributed by atoms with Crippen LogP contribution in [-0.2, 0) is 6.42 Å². The SMILES string of the molecule is CCCc1cc(NC(=O)NC)cc(NC(=O)NC)c1. The summed E-state index contributed by atoms with van der Waals surface area (Å²) in [6, 6.07) is 4.92. The number of rotatable bonds is 4. The molecule has 1 rings (SSSR count). The molecule has 0 radical (unpaired) electrons. The topological polar surface area (TPSA) is 82.3 Å². The Kier molecular flexibility index (Phi) is 5.66. The van der Waals surface area contributed by atoms with E-state index in [9.17, 15) is 9.59 Å². The molecular weight excluding hydrogens is 244 g/mol. The van der Waals surface area contributed by atoms with E-state index in [2.05, 4.69) is 28.2 Å². The van der Waals surface area contributed by atoms with E-state index < -0.39 is 0 Å². The molecule has 0 unspecified atom stereocenters. The van der Waals surface area contributed by atoms with Crippen LogP contribution in [0.25, 0.3) is 0 Å². The molecule has 6 nitrogen and oxygen atoms in total. The van der Waals surface area contributed by atoms with Gasteiger partial charge in [0.15, 0.2) is 0 Å². The maximum atomic E-state index is 11.3. The lowest BCUT2D eigenvalue weighted by atomic mass is 10.1. The first-order valence-corrected chi connectivity index (χ1v) is 6.20. The van der Waals surface area contributed by atoms with Crippen molar-refractivity contribution < 1.29 is 9.59 Å². The average molecular weight is 264 g/mol. The second kappa shape index (κ2) is 7.25. The van der Waals surface area contributed by atoms with Gasteiger partial charge < -0.3 is 21.3 Å². The van der Waals surface area contributed by atoms with Gasteiger partial charge in [-0.1, -0.05) is 13.3 Å². The smallest absolute Gasteiger partial charge is 0.318 e. The van der Waals surface area contributed by atoms with Crippen LogP contribution in [0.4, 0.5) is 21.0 Å². The van der Waals surface area contributed by atoms with E-state index >= 15 is 0 Å². The molecule has 104 valence electrons. The monoisotopic (exact) mass is 264 g/mol. The van der Waals surface area contributed by atoms with Crippen molar-refractivity contribution in [2.75, 3.05) is 24.7 Å². The van der Waals surface area contributed by atoms with E-state index in [0.29, 0.717) is 11.4 Å². The first kappa shape index (κ1) is 14.8. The van der Waals surface area contributed by atoms with Gasteiger partial charge in [-0.15, -0.1) is 0 Å². The van der Waals surface area contributed by atoms with E-state index in [1.54, 1.807) is 20.2 Å². The van der Waals surface area contributed by atoms with E-state index in [-0.39, 0.29) is 12.1 Å². The maximum absolute atomic E-state index is 11.3. The lowest BCUT2D eigenvalue weighted by molar-refractivity contribution is 0.253. The molecule has 0 fully saturated rings. The van der Waals surface area contributed by atoms with Gasteiger partial charge in [0.2, 0.25) is 0 Å². The van der Waals surface area contributed by atoms with Gasteiger partial charge in [0.25, 0.3) is 0 Å². The van der Waals surface area contributed by atoms with E-state index in [4.69, 9.17) is 0 Å². The van der Waals surface area contributed by atoms with Crippen LogP contribution in [0.2, 0.25) is 0 Å². The van der Waals surface area contributed by atoms with Crippen molar-refractivity contribution in [3.8, 4) is 0 Å². The van der Waals surface area contributed by atoms with Gasteiger partial charge in [-0.3, -0.25) is 0 Å². The number of hydrogen-bond acceptors (Lipinski definition) is 2. The molecule has 4 N–H and O–H groups in total. The van der Waals surface area contributed by atoms with Gasteiger partial charge in [-0.05, 0) is 30.2 Å². The Morgan fingerprint density at radius 1 is 0.947 bits per heavy atom. The molecule has 19 heavy (non-hydrogen) atoms. The van der Waals surface area contributed by atoms with Crippen molar-refractivity contribution in [3.63, 3.8) is 0 Å². The fourth-order valence-electron chi connectivity index (χ4n) is 1.66. The molecule has 1 aromatic rings. The number of anilines is 2. The van der Waals surface area contributed by atoms with Gasteiger partial charge in [0.05, 0.1) is 0 Å². The molecule has 0 saturated heterocycles. The Morgan fingerprint density at radius 3 is 1.79 bits per heavy atom. The number of urea groups is 2. The second-order valence-corrected chi connectivity index (χ2v) is 4.08. The predicted octanol–water partition coefficient (Wildman–Crippen LogP) is 2.14. The van der Waals surface area contributed by atoms with Crippen molar-refractivity contribution in [1.29, 1.82) is 0 Å². The largest absolute Gasteiger partial charge is 0.341 e. The normalized spacial score (nSPS) is 9.63. The van der Waals surface area contributed by atoms with E-state index in [0.717, 1.165) is 18.4 Å². The molecule has 0 aromatic heterocycles. The van der Waals surface area contributed by atoms with Crippen LogP contribution >= 0.6 is 0 Å². The minimum atomic E-state index is -0.292. The number of nitrogens with one attached hydrogen (secondary N) is 4. The Labute approximate surface area is 113 Å². The highest BCUT2D eigenvalue weighted by Crippen LogP contribution is 2.20. The Morgan fingerprint density at radius 2 is 1.42 bits per heavy atom. The van der Waals surface area contributed by atoms with Gasteiger partial charge in [-0.25, -0.2) is 9.59 Å². The van der Waals surface area contributed by atoms with Gasteiger partial charge in [-0.2, -0.15) is 0 Å². The summed E-state index contributed by atoms with van der Waals surface area (Å²) in [5.41, 5.74) is 2.36. The zero-order valence-electron chi connectivity index (χ0n) is 11.5. The number of aryl methyl sites for hydroxylation is 1. The summed E-state index contributed by atoms with van der Waals surface area (Å²) >= 11 is 0. The highest BCUT2D eigenvalue weighted by atomic mass is 16.2. The molecule has 0 aliphatic carbocycles. The average Bonchev–Trinajstić information content (AvgIpc) is 2.38. The van der Waals surface area contributed by atoms with E-state index in [1.807, 2.05) is 12.1 Å². The second-order valence-electron chi connectivity index (χ2n) is 4.08. The van der Waals surface area contributed by atoms with Crippen LogP contribution in [0, 0.1) is 0 Å². The lowest BCUT2D eigenvalue weighted by Crippen LogP contribution is -2.26. The Balaban J connectivity index is 2.95. The van der Waals surface area contributed by atoms with Gasteiger partial charge >= 0.3 is 12.1 Å². The van der Waals surface area contributed by atoms with Gasteiger partial charge in [0, 0.05) is 25.5 Å². The fraction of sp³-hybridized carbons (Fsp3) is 0.385. The third-order valence-electron chi connectivity index (χ3n) is 2.50. The third-order valence-corrected chi connectivity index (χ3v) is 2.50. The number of benzene rings is 1. The summed E-state index contributed by atoms with van der Waals surface area (Å²) < 4.78 is 0. The molecule has 4 amide bonds. The molecular formula is C13H20N4O2. The summed E-state index contributed by atoms with van der Waals surface area (Å²) in [6.45, 7) is 2.07. The quantitative estimate of drug-likeness (QED) is 0.672. The molecule has 1 aromatic carbocycles. The molecule has 6 heteroatoms. The number of carbonyl (C=O) groups excluding carboxylic acids is 2. The maximum Gasteiger partial charge on any atom is 0.318 e. The number of amides is 4. The van der Waals surface area contributed by atoms with Crippen LogP contribution in [0.1, 0.15) is 18.9 Å². The summed E-state index contributed by atoms with van der Waals surface area (Å²) in [4.78, 5) is 22.6. The van der Waals surface area contributed by atoms with Crippen LogP contribution in [-0.4, -0.2) is 26.2 Å². The van der Waals surface area contributed by atoms with Gasteiger partial charge in [0.1, 0.15) is 0 Å². The summed E-state index contributed by atoms with van der Waals surface area (Å²) in [7, 11) is 3.10. The van der Waals surface area contributed by atoms with E-state index in [1.165, 1.54) is 0 Å². The molecule has 0 saturated carbocycles. The lowest BCUT2D eigenvalue weighted by Gasteiger charge is -2.11. The Bertz CT molecular complexity index is 424. The van der Waals surface area contributed by atoms with Crippen LogP contribution in [0.3, 0.4) is 0 Å². The van der Waals surface area contributed by atoms with Crippen LogP contribution in [0.15, 0.2) is 18.2 Å². The molecule has 0 spiro atoms. The number of hydrogen-bond donors (Lipinski definition) is 4. The van der Waals surface area contributed by atoms with Crippen molar-refractivity contribution in [2.24, 2.45) is 0 Å². The highest BCUT2D eigenvalue weighted by molar-refractivity contribution is 5.92. The summed E-state index contributed by atoms with van der Waals surface area (Å²) in [6.07, 6.45) is 1.87. The molecule has 0 aliphatic heterocycles. The zero-order chi connectivity index (χ0) is 14.3. The van der Waals surface area contributed by atoms with Crippen LogP contribution in [0.5, 0.6) is 0 Å². The standard InChI is InChI=1S/C13H20N4O2/c1-4-5-9-6-10(16-12(18)14-2)8-11(7-9)17-13(19)15-3/h6-8H,4-5H2,1-3H3,(H2,14,16,18)(H2,15,17,19). The minimum Gasteiger partial charge on any atom is -0.341 e. The molecule has 0 heterocycles. The van der Waals surface area contributed by atoms with Crippen molar-refractivity contribution in [2.45, 2.75) is 19.8 Å². The van der Waals surface area contributed by atoms with Crippen molar-refractivity contribution in [3.05, 3.63) is 23.8 Å². The third kappa shape index (κ3) is 4.87. The fourth-order valence-corrected chi connectivity index (χ4v) is 1.66. The minimum absolute atomic E-state index is 0.292. The highest BCUT2D eigenvalue weighted by Gasteiger charge is 2.05. The van der Waals surface area contributed by atoms with Crippen molar-refractivity contribution in [1.82, 2.24) is 10.6 Å². The first-order valence-electron chi connectivity index (χ1n) is 6.20. The summed E-state index contributed by atoms with van der Waals surface area (Å²) in [5.74, 6) is 0. The molecule has 0 atom stereocenters. The van der Waals surface area contributed by atoms with Crippen LogP contribution < -0.4 is 21.3 Å². The Hall–Kier alpha value is -2.24. The molecule has 0 aliphatic rings. The van der Waals surface area contributed by atoms with Crippen molar-refractivity contribution >= 4 is 23.4 Å². The predicted molar refractivity (Wildman–Crippen MR) is 76.6 cm³/mol. The summed E-state index contributed by atoms with van der Waals surface area (Å²) in [5, 5.41) is 10.4. The molecule has 0 bridgehead atoms. The number of carbonyl (C=O) groups is 2. The first-order chi connectivity index (χ1) is 9.08.